The monoisotopic (exact) mass is 379 g/mol. The molecule has 0 aromatic heterocycles. The van der Waals surface area contributed by atoms with Crippen molar-refractivity contribution < 1.29 is 26.5 Å². The van der Waals surface area contributed by atoms with E-state index in [1.807, 2.05) is 0 Å². The number of hydrogen-bond donors (Lipinski definition) is 3. The van der Waals surface area contributed by atoms with Crippen molar-refractivity contribution in [1.82, 2.24) is 0 Å². The molecule has 0 saturated heterocycles. The summed E-state index contributed by atoms with van der Waals surface area (Å²) >= 11 is 0. The highest BCUT2D eigenvalue weighted by molar-refractivity contribution is 7.91. The van der Waals surface area contributed by atoms with Crippen molar-refractivity contribution in [1.29, 1.82) is 0 Å². The van der Waals surface area contributed by atoms with E-state index in [1.165, 1.54) is 24.3 Å². The molecule has 0 bridgehead atoms. The van der Waals surface area contributed by atoms with Gasteiger partial charge in [-0.1, -0.05) is 18.2 Å². The Morgan fingerprint density at radius 3 is 2.04 bits per heavy atom. The van der Waals surface area contributed by atoms with Gasteiger partial charge in [-0.25, -0.2) is 8.42 Å². The average Bonchev–Trinajstić information content (AvgIpc) is 2.55. The Bertz CT molecular complexity index is 1190. The number of benzene rings is 3. The molecular formula is C16H13NO6S2. The number of nitrogen functional groups attached to an aromatic ring is 1. The molecule has 9 heteroatoms. The lowest BCUT2D eigenvalue weighted by Crippen LogP contribution is -2.06. The van der Waals surface area contributed by atoms with Crippen LogP contribution in [-0.2, 0) is 20.0 Å². The summed E-state index contributed by atoms with van der Waals surface area (Å²) < 4.78 is 57.3. The number of anilines is 1. The number of fused-ring (bicyclic) bond motifs is 1. The van der Waals surface area contributed by atoms with Gasteiger partial charge in [-0.3, -0.25) is 4.55 Å². The maximum Gasteiger partial charge on any atom is 0.294 e. The first kappa shape index (κ1) is 17.2. The molecule has 130 valence electrons. The van der Waals surface area contributed by atoms with Gasteiger partial charge in [-0.05, 0) is 30.3 Å². The number of aromatic hydroxyl groups is 1. The van der Waals surface area contributed by atoms with Gasteiger partial charge < -0.3 is 10.8 Å². The fourth-order valence-corrected chi connectivity index (χ4v) is 4.44. The largest absolute Gasteiger partial charge is 0.507 e. The van der Waals surface area contributed by atoms with E-state index in [1.54, 1.807) is 18.2 Å². The summed E-state index contributed by atoms with van der Waals surface area (Å²) in [5.41, 5.74) is 5.74. The van der Waals surface area contributed by atoms with Gasteiger partial charge in [-0.15, -0.1) is 0 Å². The van der Waals surface area contributed by atoms with E-state index in [9.17, 15) is 26.5 Å². The van der Waals surface area contributed by atoms with E-state index >= 15 is 0 Å². The molecule has 0 unspecified atom stereocenters. The van der Waals surface area contributed by atoms with E-state index in [0.717, 1.165) is 12.1 Å². The van der Waals surface area contributed by atoms with Crippen molar-refractivity contribution in [2.75, 3.05) is 5.73 Å². The Morgan fingerprint density at radius 2 is 1.44 bits per heavy atom. The highest BCUT2D eigenvalue weighted by Gasteiger charge is 2.23. The lowest BCUT2D eigenvalue weighted by atomic mass is 10.1. The number of hydrogen-bond acceptors (Lipinski definition) is 6. The molecule has 0 aliphatic rings. The number of sulfone groups is 1. The third-order valence-electron chi connectivity index (χ3n) is 3.73. The molecule has 0 amide bonds. The Balaban J connectivity index is 2.35. The van der Waals surface area contributed by atoms with Crippen LogP contribution >= 0.6 is 0 Å². The molecule has 4 N–H and O–H groups in total. The molecule has 0 radical (unpaired) electrons. The van der Waals surface area contributed by atoms with Gasteiger partial charge in [0, 0.05) is 16.8 Å². The molecule has 0 saturated carbocycles. The Morgan fingerprint density at radius 1 is 0.800 bits per heavy atom. The van der Waals surface area contributed by atoms with Crippen LogP contribution in [0, 0.1) is 0 Å². The normalized spacial score (nSPS) is 12.4. The van der Waals surface area contributed by atoms with Crippen LogP contribution in [0.1, 0.15) is 0 Å². The second-order valence-corrected chi connectivity index (χ2v) is 8.65. The fraction of sp³-hybridized carbons (Fsp3) is 0. The summed E-state index contributed by atoms with van der Waals surface area (Å²) in [6, 6.07) is 12.1. The van der Waals surface area contributed by atoms with Crippen LogP contribution in [0.3, 0.4) is 0 Å². The van der Waals surface area contributed by atoms with Gasteiger partial charge in [-0.2, -0.15) is 8.42 Å². The van der Waals surface area contributed by atoms with Gasteiger partial charge in [0.05, 0.1) is 20.4 Å². The smallest absolute Gasteiger partial charge is 0.294 e. The van der Waals surface area contributed by atoms with Gasteiger partial charge in [0.25, 0.3) is 10.1 Å². The second-order valence-electron chi connectivity index (χ2n) is 5.31. The summed E-state index contributed by atoms with van der Waals surface area (Å²) in [5, 5.41) is 10.1. The molecule has 3 aromatic carbocycles. The van der Waals surface area contributed by atoms with Gasteiger partial charge in [0.2, 0.25) is 9.84 Å². The van der Waals surface area contributed by atoms with Crippen molar-refractivity contribution in [3.05, 3.63) is 54.6 Å². The Kier molecular flexibility index (Phi) is 3.94. The Labute approximate surface area is 144 Å². The molecule has 3 aromatic rings. The topological polar surface area (TPSA) is 135 Å². The molecule has 0 heterocycles. The summed E-state index contributed by atoms with van der Waals surface area (Å²) in [7, 11) is -8.54. The highest BCUT2D eigenvalue weighted by atomic mass is 32.2. The summed E-state index contributed by atoms with van der Waals surface area (Å²) in [5.74, 6) is -0.444. The first-order valence-electron chi connectivity index (χ1n) is 6.95. The van der Waals surface area contributed by atoms with Crippen LogP contribution < -0.4 is 5.73 Å². The minimum atomic E-state index is -4.60. The maximum absolute atomic E-state index is 12.8. The number of phenols is 1. The molecule has 0 fully saturated rings. The van der Waals surface area contributed by atoms with E-state index in [-0.39, 0.29) is 26.3 Å². The highest BCUT2D eigenvalue weighted by Crippen LogP contribution is 2.37. The molecule has 3 rings (SSSR count). The van der Waals surface area contributed by atoms with E-state index in [2.05, 4.69) is 0 Å². The summed E-state index contributed by atoms with van der Waals surface area (Å²) in [4.78, 5) is -0.784. The number of rotatable bonds is 3. The summed E-state index contributed by atoms with van der Waals surface area (Å²) in [6.45, 7) is 0. The standard InChI is InChI=1S/C16H13NO6S2/c17-16-13-8-11(25(21,22)23)9-14(18)12(13)6-7-15(16)24(19,20)10-4-2-1-3-5-10/h1-9,18H,17H2,(H,21,22,23). The zero-order chi connectivity index (χ0) is 18.4. The molecule has 0 atom stereocenters. The van der Waals surface area contributed by atoms with E-state index in [4.69, 9.17) is 5.73 Å². The van der Waals surface area contributed by atoms with Gasteiger partial charge >= 0.3 is 0 Å². The van der Waals surface area contributed by atoms with Crippen LogP contribution in [0.2, 0.25) is 0 Å². The van der Waals surface area contributed by atoms with Crippen molar-refractivity contribution in [2.45, 2.75) is 14.7 Å². The lowest BCUT2D eigenvalue weighted by molar-refractivity contribution is 0.471. The van der Waals surface area contributed by atoms with Crippen molar-refractivity contribution in [3.63, 3.8) is 0 Å². The minimum absolute atomic E-state index is 0.00429. The maximum atomic E-state index is 12.8. The van der Waals surface area contributed by atoms with E-state index in [0.29, 0.717) is 0 Å². The second kappa shape index (κ2) is 5.73. The number of nitrogens with two attached hydrogens (primary N) is 1. The van der Waals surface area contributed by atoms with Crippen LogP contribution in [-0.4, -0.2) is 26.5 Å². The quantitative estimate of drug-likeness (QED) is 0.469. The summed E-state index contributed by atoms with van der Waals surface area (Å²) in [6.07, 6.45) is 0. The van der Waals surface area contributed by atoms with Gasteiger partial charge in [0.1, 0.15) is 5.75 Å². The third-order valence-corrected chi connectivity index (χ3v) is 6.39. The predicted octanol–water partition coefficient (Wildman–Crippen LogP) is 2.21. The van der Waals surface area contributed by atoms with Crippen LogP contribution in [0.15, 0.2) is 69.3 Å². The zero-order valence-electron chi connectivity index (χ0n) is 12.6. The zero-order valence-corrected chi connectivity index (χ0v) is 14.3. The van der Waals surface area contributed by atoms with Crippen molar-refractivity contribution in [2.24, 2.45) is 0 Å². The molecule has 0 spiro atoms. The first-order valence-corrected chi connectivity index (χ1v) is 9.87. The SMILES string of the molecule is Nc1c(S(=O)(=O)c2ccccc2)ccc2c(O)cc(S(=O)(=O)O)cc12. The molecule has 25 heavy (non-hydrogen) atoms. The third kappa shape index (κ3) is 2.93. The molecule has 0 aliphatic heterocycles. The van der Waals surface area contributed by atoms with E-state index < -0.39 is 30.6 Å². The number of phenolic OH excluding ortho intramolecular Hbond substituents is 1. The molecule has 0 aliphatic carbocycles. The molecular weight excluding hydrogens is 366 g/mol. The lowest BCUT2D eigenvalue weighted by Gasteiger charge is -2.12. The molecule has 7 nitrogen and oxygen atoms in total. The van der Waals surface area contributed by atoms with Crippen LogP contribution in [0.25, 0.3) is 10.8 Å². The fourth-order valence-electron chi connectivity index (χ4n) is 2.50. The first-order chi connectivity index (χ1) is 11.6. The van der Waals surface area contributed by atoms with Crippen LogP contribution in [0.4, 0.5) is 5.69 Å². The van der Waals surface area contributed by atoms with Crippen molar-refractivity contribution >= 4 is 36.4 Å². The van der Waals surface area contributed by atoms with Crippen LogP contribution in [0.5, 0.6) is 5.75 Å². The predicted molar refractivity (Wildman–Crippen MR) is 91.7 cm³/mol. The van der Waals surface area contributed by atoms with Crippen molar-refractivity contribution in [3.8, 4) is 5.75 Å². The van der Waals surface area contributed by atoms with Gasteiger partial charge in [0.15, 0.2) is 0 Å². The Hall–Kier alpha value is -2.62. The minimum Gasteiger partial charge on any atom is -0.507 e. The average molecular weight is 379 g/mol.